The maximum Gasteiger partial charge on any atom is 0.0412 e. The Labute approximate surface area is 146 Å². The van der Waals surface area contributed by atoms with E-state index in [0.29, 0.717) is 0 Å². The zero-order chi connectivity index (χ0) is 16.1. The fourth-order valence-electron chi connectivity index (χ4n) is 4.01. The Balaban J connectivity index is 1.89. The number of fused-ring (bicyclic) bond motifs is 5. The molecule has 0 amide bonds. The van der Waals surface area contributed by atoms with Crippen molar-refractivity contribution in [2.24, 2.45) is 0 Å². The zero-order valence-corrected chi connectivity index (χ0v) is 13.8. The first-order valence-corrected chi connectivity index (χ1v) is 8.57. The molecule has 24 heavy (non-hydrogen) atoms. The van der Waals surface area contributed by atoms with Gasteiger partial charge in [0, 0.05) is 10.9 Å². The van der Waals surface area contributed by atoms with Gasteiger partial charge in [-0.3, -0.25) is 0 Å². The fraction of sp³-hybridized carbons (Fsp3) is 0.0435. The highest BCUT2D eigenvalue weighted by atomic mass is 35.5. The van der Waals surface area contributed by atoms with E-state index < -0.39 is 0 Å². The van der Waals surface area contributed by atoms with Crippen LogP contribution in [0.15, 0.2) is 84.9 Å². The van der Waals surface area contributed by atoms with Crippen molar-refractivity contribution in [3.05, 3.63) is 107 Å². The molecule has 0 nitrogen and oxygen atoms in total. The van der Waals surface area contributed by atoms with Gasteiger partial charge in [0.1, 0.15) is 0 Å². The average molecular weight is 327 g/mol. The van der Waals surface area contributed by atoms with E-state index in [9.17, 15) is 0 Å². The van der Waals surface area contributed by atoms with Crippen LogP contribution < -0.4 is 0 Å². The van der Waals surface area contributed by atoms with Crippen molar-refractivity contribution in [2.45, 2.75) is 5.92 Å². The number of hydrogen-bond acceptors (Lipinski definition) is 0. The summed E-state index contributed by atoms with van der Waals surface area (Å²) in [5.41, 5.74) is 6.82. The standard InChI is InChI=1S/C23H15Cl/c24-17-11-13-18-16(14-17)10-12-21-19-8-4-5-9-20(19)22(23(18)21)15-6-2-1-3-7-15/h1-14,22H. The highest BCUT2D eigenvalue weighted by Crippen LogP contribution is 2.50. The summed E-state index contributed by atoms with van der Waals surface area (Å²) in [6.45, 7) is 0. The van der Waals surface area contributed by atoms with Crippen molar-refractivity contribution in [3.8, 4) is 11.1 Å². The van der Waals surface area contributed by atoms with E-state index in [4.69, 9.17) is 11.6 Å². The van der Waals surface area contributed by atoms with Gasteiger partial charge >= 0.3 is 0 Å². The number of hydrogen-bond donors (Lipinski definition) is 0. The second kappa shape index (κ2) is 5.22. The highest BCUT2D eigenvalue weighted by Gasteiger charge is 2.31. The van der Waals surface area contributed by atoms with Gasteiger partial charge in [0.25, 0.3) is 0 Å². The van der Waals surface area contributed by atoms with Crippen LogP contribution in [0.4, 0.5) is 0 Å². The number of rotatable bonds is 1. The predicted molar refractivity (Wildman–Crippen MR) is 102 cm³/mol. The van der Waals surface area contributed by atoms with Crippen LogP contribution in [0.25, 0.3) is 21.9 Å². The van der Waals surface area contributed by atoms with Gasteiger partial charge < -0.3 is 0 Å². The largest absolute Gasteiger partial charge is 0.0843 e. The number of halogens is 1. The summed E-state index contributed by atoms with van der Waals surface area (Å²) in [5, 5.41) is 3.28. The van der Waals surface area contributed by atoms with Gasteiger partial charge in [-0.15, -0.1) is 0 Å². The minimum absolute atomic E-state index is 0.280. The third kappa shape index (κ3) is 1.93. The summed E-state index contributed by atoms with van der Waals surface area (Å²) < 4.78 is 0. The van der Waals surface area contributed by atoms with E-state index in [1.54, 1.807) is 0 Å². The Morgan fingerprint density at radius 2 is 1.46 bits per heavy atom. The molecule has 1 aliphatic carbocycles. The molecular formula is C23H15Cl. The maximum absolute atomic E-state index is 6.21. The first kappa shape index (κ1) is 13.8. The Bertz CT molecular complexity index is 1060. The van der Waals surface area contributed by atoms with Crippen molar-refractivity contribution in [2.75, 3.05) is 0 Å². The van der Waals surface area contributed by atoms with Gasteiger partial charge in [-0.2, -0.15) is 0 Å². The van der Waals surface area contributed by atoms with E-state index in [1.165, 1.54) is 38.6 Å². The maximum atomic E-state index is 6.21. The van der Waals surface area contributed by atoms with Crippen LogP contribution in [-0.4, -0.2) is 0 Å². The Morgan fingerprint density at radius 3 is 2.33 bits per heavy atom. The monoisotopic (exact) mass is 326 g/mol. The summed E-state index contributed by atoms with van der Waals surface area (Å²) in [7, 11) is 0. The molecule has 0 bridgehead atoms. The third-order valence-corrected chi connectivity index (χ3v) is 5.24. The van der Waals surface area contributed by atoms with E-state index in [2.05, 4.69) is 78.9 Å². The molecule has 0 N–H and O–H groups in total. The SMILES string of the molecule is Clc1ccc2c3c(ccc2c1)-c1ccccc1C3c1ccccc1. The van der Waals surface area contributed by atoms with Crippen LogP contribution >= 0.6 is 11.6 Å². The molecule has 0 saturated heterocycles. The second-order valence-corrected chi connectivity index (χ2v) is 6.76. The van der Waals surface area contributed by atoms with Gasteiger partial charge in [0.05, 0.1) is 0 Å². The van der Waals surface area contributed by atoms with Crippen molar-refractivity contribution in [1.82, 2.24) is 0 Å². The minimum Gasteiger partial charge on any atom is -0.0843 e. The highest BCUT2D eigenvalue weighted by molar-refractivity contribution is 6.31. The molecule has 0 saturated carbocycles. The minimum atomic E-state index is 0.280. The van der Waals surface area contributed by atoms with Crippen LogP contribution in [-0.2, 0) is 0 Å². The number of benzene rings is 4. The molecule has 1 heteroatoms. The van der Waals surface area contributed by atoms with Gasteiger partial charge in [-0.05, 0) is 50.7 Å². The van der Waals surface area contributed by atoms with Crippen LogP contribution in [0.3, 0.4) is 0 Å². The summed E-state index contributed by atoms with van der Waals surface area (Å²) in [5.74, 6) is 0.280. The lowest BCUT2D eigenvalue weighted by Gasteiger charge is -2.16. The molecule has 0 heterocycles. The molecule has 1 aliphatic rings. The van der Waals surface area contributed by atoms with E-state index in [0.717, 1.165) is 5.02 Å². The topological polar surface area (TPSA) is 0 Å². The molecule has 0 spiro atoms. The first-order valence-electron chi connectivity index (χ1n) is 8.19. The van der Waals surface area contributed by atoms with Crippen molar-refractivity contribution in [3.63, 3.8) is 0 Å². The average Bonchev–Trinajstić information content (AvgIpc) is 2.97. The molecule has 1 atom stereocenters. The molecule has 114 valence electrons. The van der Waals surface area contributed by atoms with E-state index >= 15 is 0 Å². The van der Waals surface area contributed by atoms with Crippen LogP contribution in [0.5, 0.6) is 0 Å². The third-order valence-electron chi connectivity index (χ3n) is 5.01. The smallest absolute Gasteiger partial charge is 0.0412 e. The van der Waals surface area contributed by atoms with Crippen LogP contribution in [0.2, 0.25) is 5.02 Å². The van der Waals surface area contributed by atoms with Crippen LogP contribution in [0.1, 0.15) is 22.6 Å². The zero-order valence-electron chi connectivity index (χ0n) is 13.0. The van der Waals surface area contributed by atoms with Crippen molar-refractivity contribution < 1.29 is 0 Å². The quantitative estimate of drug-likeness (QED) is 0.323. The van der Waals surface area contributed by atoms with Gasteiger partial charge in [-0.25, -0.2) is 0 Å². The van der Waals surface area contributed by atoms with Gasteiger partial charge in [0.15, 0.2) is 0 Å². The lowest BCUT2D eigenvalue weighted by molar-refractivity contribution is 1.03. The molecule has 1 unspecified atom stereocenters. The molecule has 5 rings (SSSR count). The lowest BCUT2D eigenvalue weighted by atomic mass is 9.87. The molecule has 4 aromatic carbocycles. The molecule has 0 aliphatic heterocycles. The molecule has 0 fully saturated rings. The van der Waals surface area contributed by atoms with Crippen molar-refractivity contribution in [1.29, 1.82) is 0 Å². The van der Waals surface area contributed by atoms with Gasteiger partial charge in [0.2, 0.25) is 0 Å². The first-order chi connectivity index (χ1) is 11.8. The van der Waals surface area contributed by atoms with Crippen LogP contribution in [0, 0.1) is 0 Å². The lowest BCUT2D eigenvalue weighted by Crippen LogP contribution is -1.99. The van der Waals surface area contributed by atoms with Gasteiger partial charge in [-0.1, -0.05) is 84.4 Å². The van der Waals surface area contributed by atoms with Crippen molar-refractivity contribution >= 4 is 22.4 Å². The Morgan fingerprint density at radius 1 is 0.667 bits per heavy atom. The van der Waals surface area contributed by atoms with E-state index in [1.807, 2.05) is 6.07 Å². The second-order valence-electron chi connectivity index (χ2n) is 6.32. The predicted octanol–water partition coefficient (Wildman–Crippen LogP) is 6.65. The normalized spacial score (nSPS) is 15.3. The molecule has 0 radical (unpaired) electrons. The summed E-state index contributed by atoms with van der Waals surface area (Å²) in [6, 6.07) is 30.2. The summed E-state index contributed by atoms with van der Waals surface area (Å²) in [6.07, 6.45) is 0. The molecule has 4 aromatic rings. The Kier molecular flexibility index (Phi) is 3.01. The summed E-state index contributed by atoms with van der Waals surface area (Å²) >= 11 is 6.21. The summed E-state index contributed by atoms with van der Waals surface area (Å²) in [4.78, 5) is 0. The molecule has 0 aromatic heterocycles. The fourth-order valence-corrected chi connectivity index (χ4v) is 4.19. The van der Waals surface area contributed by atoms with E-state index in [-0.39, 0.29) is 5.92 Å². The molecular weight excluding hydrogens is 312 g/mol. The Hall–Kier alpha value is -2.57.